The number of esters is 1. The van der Waals surface area contributed by atoms with E-state index in [-0.39, 0.29) is 18.4 Å². The summed E-state index contributed by atoms with van der Waals surface area (Å²) in [5.41, 5.74) is 0. The molecule has 5 heteroatoms. The van der Waals surface area contributed by atoms with E-state index in [1.807, 2.05) is 13.0 Å². The average Bonchev–Trinajstić information content (AvgIpc) is 2.64. The second-order valence-corrected chi connectivity index (χ2v) is 4.66. The molecule has 0 aliphatic heterocycles. The van der Waals surface area contributed by atoms with Crippen LogP contribution in [-0.4, -0.2) is 37.0 Å². The maximum absolute atomic E-state index is 11.8. The first-order valence-corrected chi connectivity index (χ1v) is 5.83. The van der Waals surface area contributed by atoms with E-state index in [2.05, 4.69) is 0 Å². The van der Waals surface area contributed by atoms with Gasteiger partial charge in [0.2, 0.25) is 0 Å². The second kappa shape index (κ2) is 5.65. The number of amides is 1. The summed E-state index contributed by atoms with van der Waals surface area (Å²) < 4.78 is 4.77. The summed E-state index contributed by atoms with van der Waals surface area (Å²) in [6.07, 6.45) is 0. The number of hydrogen-bond donors (Lipinski definition) is 0. The third-order valence-electron chi connectivity index (χ3n) is 1.97. The van der Waals surface area contributed by atoms with E-state index in [9.17, 15) is 9.59 Å². The molecule has 1 aromatic rings. The lowest BCUT2D eigenvalue weighted by Gasteiger charge is -2.14. The minimum Gasteiger partial charge on any atom is -0.465 e. The van der Waals surface area contributed by atoms with Crippen LogP contribution < -0.4 is 0 Å². The van der Waals surface area contributed by atoms with Gasteiger partial charge in [-0.15, -0.1) is 11.3 Å². The fourth-order valence-corrected chi connectivity index (χ4v) is 2.07. The van der Waals surface area contributed by atoms with Gasteiger partial charge in [-0.3, -0.25) is 9.59 Å². The molecule has 0 saturated heterocycles. The highest BCUT2D eigenvalue weighted by atomic mass is 32.1. The molecule has 0 N–H and O–H groups in total. The van der Waals surface area contributed by atoms with Gasteiger partial charge in [0.1, 0.15) is 6.54 Å². The molecule has 1 rings (SSSR count). The maximum atomic E-state index is 11.8. The smallest absolute Gasteiger partial charge is 0.325 e. The van der Waals surface area contributed by atoms with Gasteiger partial charge in [0.15, 0.2) is 0 Å². The number of ether oxygens (including phenoxy) is 1. The first kappa shape index (κ1) is 12.7. The van der Waals surface area contributed by atoms with E-state index in [1.165, 1.54) is 16.2 Å². The van der Waals surface area contributed by atoms with Crippen LogP contribution in [0, 0.1) is 6.92 Å². The van der Waals surface area contributed by atoms with E-state index in [1.54, 1.807) is 20.0 Å². The van der Waals surface area contributed by atoms with Crippen molar-refractivity contribution in [1.82, 2.24) is 4.90 Å². The molecule has 1 aromatic heterocycles. The molecule has 0 aliphatic rings. The van der Waals surface area contributed by atoms with Crippen molar-refractivity contribution in [1.29, 1.82) is 0 Å². The molecule has 0 fully saturated rings. The van der Waals surface area contributed by atoms with Crippen molar-refractivity contribution in [2.75, 3.05) is 20.2 Å². The highest BCUT2D eigenvalue weighted by Crippen LogP contribution is 2.16. The summed E-state index contributed by atoms with van der Waals surface area (Å²) in [4.78, 5) is 26.1. The summed E-state index contributed by atoms with van der Waals surface area (Å²) in [6.45, 7) is 4.00. The van der Waals surface area contributed by atoms with E-state index in [0.29, 0.717) is 11.5 Å². The molecule has 0 bridgehead atoms. The van der Waals surface area contributed by atoms with Gasteiger partial charge in [0, 0.05) is 11.9 Å². The number of rotatable bonds is 4. The maximum Gasteiger partial charge on any atom is 0.325 e. The highest BCUT2D eigenvalue weighted by molar-refractivity contribution is 7.13. The van der Waals surface area contributed by atoms with E-state index >= 15 is 0 Å². The topological polar surface area (TPSA) is 46.6 Å². The first-order valence-electron chi connectivity index (χ1n) is 5.02. The molecule has 0 atom stereocenters. The second-order valence-electron chi connectivity index (χ2n) is 3.38. The Morgan fingerprint density at radius 3 is 2.62 bits per heavy atom. The molecule has 0 aliphatic carbocycles. The standard InChI is InChI=1S/C11H15NO3S/c1-4-15-10(13)7-12(3)11(14)9-6-5-8(2)16-9/h5-6H,4,7H2,1-3H3. The lowest BCUT2D eigenvalue weighted by Crippen LogP contribution is -2.32. The monoisotopic (exact) mass is 241 g/mol. The van der Waals surface area contributed by atoms with Crippen molar-refractivity contribution in [3.63, 3.8) is 0 Å². The predicted octanol–water partition coefficient (Wildman–Crippen LogP) is 1.69. The molecule has 4 nitrogen and oxygen atoms in total. The molecule has 16 heavy (non-hydrogen) atoms. The molecule has 0 radical (unpaired) electrons. The largest absolute Gasteiger partial charge is 0.465 e. The van der Waals surface area contributed by atoms with Crippen molar-refractivity contribution < 1.29 is 14.3 Å². The summed E-state index contributed by atoms with van der Waals surface area (Å²) in [6, 6.07) is 3.65. The van der Waals surface area contributed by atoms with Gasteiger partial charge >= 0.3 is 5.97 Å². The van der Waals surface area contributed by atoms with Crippen LogP contribution in [0.2, 0.25) is 0 Å². The van der Waals surface area contributed by atoms with Crippen molar-refractivity contribution >= 4 is 23.2 Å². The number of thiophene rings is 1. The molecular formula is C11H15NO3S. The van der Waals surface area contributed by atoms with Crippen molar-refractivity contribution in [3.05, 3.63) is 21.9 Å². The third kappa shape index (κ3) is 3.34. The summed E-state index contributed by atoms with van der Waals surface area (Å²) >= 11 is 1.42. The SMILES string of the molecule is CCOC(=O)CN(C)C(=O)c1ccc(C)s1. The number of carbonyl (C=O) groups excluding carboxylic acids is 2. The fraction of sp³-hybridized carbons (Fsp3) is 0.455. The van der Waals surface area contributed by atoms with Crippen LogP contribution in [0.1, 0.15) is 21.5 Å². The van der Waals surface area contributed by atoms with Gasteiger partial charge in [-0.2, -0.15) is 0 Å². The van der Waals surface area contributed by atoms with E-state index in [4.69, 9.17) is 4.74 Å². The Kier molecular flexibility index (Phi) is 4.49. The summed E-state index contributed by atoms with van der Waals surface area (Å²) in [7, 11) is 1.59. The Morgan fingerprint density at radius 2 is 2.12 bits per heavy atom. The van der Waals surface area contributed by atoms with Crippen molar-refractivity contribution in [2.45, 2.75) is 13.8 Å². The molecule has 1 heterocycles. The van der Waals surface area contributed by atoms with Gasteiger partial charge < -0.3 is 9.64 Å². The van der Waals surface area contributed by atoms with Crippen LogP contribution in [-0.2, 0) is 9.53 Å². The fourth-order valence-electron chi connectivity index (χ4n) is 1.21. The summed E-state index contributed by atoms with van der Waals surface area (Å²) in [5.74, 6) is -0.530. The van der Waals surface area contributed by atoms with Crippen LogP contribution in [0.15, 0.2) is 12.1 Å². The number of aryl methyl sites for hydroxylation is 1. The van der Waals surface area contributed by atoms with Crippen molar-refractivity contribution in [2.24, 2.45) is 0 Å². The van der Waals surface area contributed by atoms with Crippen LogP contribution in [0.25, 0.3) is 0 Å². The van der Waals surface area contributed by atoms with E-state index < -0.39 is 0 Å². The Morgan fingerprint density at radius 1 is 1.44 bits per heavy atom. The Bertz CT molecular complexity index is 386. The minimum atomic E-state index is -0.383. The molecule has 88 valence electrons. The Labute approximate surface area is 98.8 Å². The molecule has 0 spiro atoms. The van der Waals surface area contributed by atoms with Crippen molar-refractivity contribution in [3.8, 4) is 0 Å². The van der Waals surface area contributed by atoms with Crippen LogP contribution >= 0.6 is 11.3 Å². The van der Waals surface area contributed by atoms with Crippen LogP contribution in [0.3, 0.4) is 0 Å². The lowest BCUT2D eigenvalue weighted by molar-refractivity contribution is -0.143. The van der Waals surface area contributed by atoms with Gasteiger partial charge in [-0.25, -0.2) is 0 Å². The number of hydrogen-bond acceptors (Lipinski definition) is 4. The third-order valence-corrected chi connectivity index (χ3v) is 2.96. The van der Waals surface area contributed by atoms with Gasteiger partial charge in [-0.1, -0.05) is 0 Å². The first-order chi connectivity index (χ1) is 7.54. The zero-order valence-corrected chi connectivity index (χ0v) is 10.5. The molecule has 0 unspecified atom stereocenters. The zero-order valence-electron chi connectivity index (χ0n) is 9.65. The molecule has 1 amide bonds. The van der Waals surface area contributed by atoms with Gasteiger partial charge in [0.05, 0.1) is 11.5 Å². The molecule has 0 aromatic carbocycles. The Balaban J connectivity index is 2.57. The number of carbonyl (C=O) groups is 2. The number of nitrogens with zero attached hydrogens (tertiary/aromatic N) is 1. The van der Waals surface area contributed by atoms with Crippen LogP contribution in [0.5, 0.6) is 0 Å². The lowest BCUT2D eigenvalue weighted by atomic mass is 10.4. The number of likely N-dealkylation sites (N-methyl/N-ethyl adjacent to an activating group) is 1. The quantitative estimate of drug-likeness (QED) is 0.754. The van der Waals surface area contributed by atoms with Gasteiger partial charge in [0.25, 0.3) is 5.91 Å². The Hall–Kier alpha value is -1.36. The molecule has 0 saturated carbocycles. The van der Waals surface area contributed by atoms with Gasteiger partial charge in [-0.05, 0) is 26.0 Å². The predicted molar refractivity (Wildman–Crippen MR) is 62.6 cm³/mol. The highest BCUT2D eigenvalue weighted by Gasteiger charge is 2.16. The van der Waals surface area contributed by atoms with Crippen LogP contribution in [0.4, 0.5) is 0 Å². The zero-order chi connectivity index (χ0) is 12.1. The molecular weight excluding hydrogens is 226 g/mol. The minimum absolute atomic E-state index is 0.0103. The van der Waals surface area contributed by atoms with E-state index in [0.717, 1.165) is 4.88 Å². The average molecular weight is 241 g/mol. The summed E-state index contributed by atoms with van der Waals surface area (Å²) in [5, 5.41) is 0. The normalized spacial score (nSPS) is 9.94.